The van der Waals surface area contributed by atoms with Gasteiger partial charge in [0.1, 0.15) is 5.69 Å². The number of halogens is 2. The summed E-state index contributed by atoms with van der Waals surface area (Å²) in [6.07, 6.45) is 0. The summed E-state index contributed by atoms with van der Waals surface area (Å²) in [5.74, 6) is -0.128. The molecule has 2 rings (SSSR count). The zero-order valence-corrected chi connectivity index (χ0v) is 11.1. The Bertz CT molecular complexity index is 595. The van der Waals surface area contributed by atoms with E-state index in [9.17, 15) is 5.11 Å². The third-order valence-electron chi connectivity index (χ3n) is 2.32. The quantitative estimate of drug-likeness (QED) is 0.733. The van der Waals surface area contributed by atoms with Gasteiger partial charge in [0, 0.05) is 5.02 Å². The second kappa shape index (κ2) is 5.38. The molecule has 0 heterocycles. The van der Waals surface area contributed by atoms with Gasteiger partial charge in [0.15, 0.2) is 5.75 Å². The van der Waals surface area contributed by atoms with Gasteiger partial charge in [0.25, 0.3) is 0 Å². The van der Waals surface area contributed by atoms with Crippen LogP contribution >= 0.6 is 23.2 Å². The molecule has 0 atom stereocenters. The van der Waals surface area contributed by atoms with Crippen molar-refractivity contribution in [2.45, 2.75) is 6.92 Å². The third-order valence-corrected chi connectivity index (χ3v) is 2.82. The van der Waals surface area contributed by atoms with Gasteiger partial charge in [-0.3, -0.25) is 0 Å². The molecule has 0 bridgehead atoms. The van der Waals surface area contributed by atoms with Gasteiger partial charge < -0.3 is 5.11 Å². The van der Waals surface area contributed by atoms with Crippen LogP contribution in [0.2, 0.25) is 10.0 Å². The van der Waals surface area contributed by atoms with Crippen LogP contribution in [0.3, 0.4) is 0 Å². The molecule has 0 aliphatic carbocycles. The van der Waals surface area contributed by atoms with Gasteiger partial charge >= 0.3 is 0 Å². The van der Waals surface area contributed by atoms with Crippen molar-refractivity contribution < 1.29 is 5.11 Å². The van der Waals surface area contributed by atoms with Gasteiger partial charge in [-0.15, -0.1) is 5.11 Å². The van der Waals surface area contributed by atoms with E-state index in [1.54, 1.807) is 0 Å². The lowest BCUT2D eigenvalue weighted by molar-refractivity contribution is 0.476. The number of phenolic OH excluding ortho intramolecular Hbond substituents is 1. The first-order chi connectivity index (χ1) is 8.56. The predicted octanol–water partition coefficient (Wildman–Crippen LogP) is 5.42. The molecule has 3 nitrogen and oxygen atoms in total. The van der Waals surface area contributed by atoms with Crippen LogP contribution in [0.1, 0.15) is 5.56 Å². The molecule has 1 N–H and O–H groups in total. The number of nitrogens with zero attached hydrogens (tertiary/aromatic N) is 2. The summed E-state index contributed by atoms with van der Waals surface area (Å²) in [6.45, 7) is 1.99. The van der Waals surface area contributed by atoms with Crippen molar-refractivity contribution in [3.05, 3.63) is 52.0 Å². The summed E-state index contributed by atoms with van der Waals surface area (Å²) in [4.78, 5) is 0. The Morgan fingerprint density at radius 3 is 2.33 bits per heavy atom. The Balaban J connectivity index is 2.31. The summed E-state index contributed by atoms with van der Waals surface area (Å²) in [5.41, 5.74) is 2.08. The van der Waals surface area contributed by atoms with Crippen LogP contribution in [0.25, 0.3) is 0 Å². The number of hydrogen-bond donors (Lipinski definition) is 1. The zero-order chi connectivity index (χ0) is 13.1. The summed E-state index contributed by atoms with van der Waals surface area (Å²) in [5, 5.41) is 18.2. The van der Waals surface area contributed by atoms with Crippen LogP contribution < -0.4 is 0 Å². The topological polar surface area (TPSA) is 45.0 Å². The van der Waals surface area contributed by atoms with E-state index in [1.807, 2.05) is 31.2 Å². The first-order valence-electron chi connectivity index (χ1n) is 5.22. The van der Waals surface area contributed by atoms with Crippen LogP contribution in [0.15, 0.2) is 46.6 Å². The molecule has 0 radical (unpaired) electrons. The third kappa shape index (κ3) is 3.00. The Morgan fingerprint density at radius 2 is 1.67 bits per heavy atom. The Hall–Kier alpha value is -1.58. The minimum atomic E-state index is -0.128. The lowest BCUT2D eigenvalue weighted by Crippen LogP contribution is -1.72. The number of azo groups is 1. The minimum Gasteiger partial charge on any atom is -0.504 e. The van der Waals surface area contributed by atoms with Crippen LogP contribution in [0, 0.1) is 6.92 Å². The van der Waals surface area contributed by atoms with E-state index in [-0.39, 0.29) is 16.5 Å². The fourth-order valence-corrected chi connectivity index (χ4v) is 1.83. The van der Waals surface area contributed by atoms with E-state index in [1.165, 1.54) is 12.1 Å². The number of rotatable bonds is 2. The number of aryl methyl sites for hydroxylation is 1. The normalized spacial score (nSPS) is 11.1. The Kier molecular flexibility index (Phi) is 3.84. The van der Waals surface area contributed by atoms with Gasteiger partial charge in [0.05, 0.1) is 10.7 Å². The summed E-state index contributed by atoms with van der Waals surface area (Å²) < 4.78 is 0. The summed E-state index contributed by atoms with van der Waals surface area (Å²) in [6, 6.07) is 10.5. The second-order valence-electron chi connectivity index (χ2n) is 3.79. The van der Waals surface area contributed by atoms with E-state index < -0.39 is 0 Å². The molecule has 2 aromatic rings. The molecule has 18 heavy (non-hydrogen) atoms. The largest absolute Gasteiger partial charge is 0.504 e. The van der Waals surface area contributed by atoms with Gasteiger partial charge in [-0.2, -0.15) is 5.11 Å². The molecule has 2 aromatic carbocycles. The first-order valence-corrected chi connectivity index (χ1v) is 5.98. The molecule has 0 saturated heterocycles. The zero-order valence-electron chi connectivity index (χ0n) is 9.56. The first kappa shape index (κ1) is 12.9. The molecule has 5 heteroatoms. The fraction of sp³-hybridized carbons (Fsp3) is 0.0769. The predicted molar refractivity (Wildman–Crippen MR) is 73.5 cm³/mol. The average Bonchev–Trinajstić information content (AvgIpc) is 2.34. The number of aromatic hydroxyl groups is 1. The van der Waals surface area contributed by atoms with Gasteiger partial charge in [-0.1, -0.05) is 40.9 Å². The molecule has 0 aliphatic heterocycles. The highest BCUT2D eigenvalue weighted by Gasteiger charge is 2.07. The van der Waals surface area contributed by atoms with Crippen LogP contribution in [0.4, 0.5) is 11.4 Å². The van der Waals surface area contributed by atoms with Crippen molar-refractivity contribution in [3.8, 4) is 5.75 Å². The maximum absolute atomic E-state index is 9.70. The molecule has 0 spiro atoms. The minimum absolute atomic E-state index is 0.128. The van der Waals surface area contributed by atoms with E-state index in [2.05, 4.69) is 10.2 Å². The van der Waals surface area contributed by atoms with Crippen molar-refractivity contribution in [2.75, 3.05) is 0 Å². The van der Waals surface area contributed by atoms with Crippen molar-refractivity contribution in [1.82, 2.24) is 0 Å². The highest BCUT2D eigenvalue weighted by atomic mass is 35.5. The number of benzene rings is 2. The fourth-order valence-electron chi connectivity index (χ4n) is 1.35. The second-order valence-corrected chi connectivity index (χ2v) is 4.63. The van der Waals surface area contributed by atoms with Gasteiger partial charge in [0.2, 0.25) is 0 Å². The number of phenols is 1. The van der Waals surface area contributed by atoms with Gasteiger partial charge in [-0.05, 0) is 31.2 Å². The lowest BCUT2D eigenvalue weighted by atomic mass is 10.2. The summed E-state index contributed by atoms with van der Waals surface area (Å²) >= 11 is 11.6. The van der Waals surface area contributed by atoms with Crippen molar-refractivity contribution >= 4 is 34.6 Å². The Labute approximate surface area is 115 Å². The summed E-state index contributed by atoms with van der Waals surface area (Å²) in [7, 11) is 0. The van der Waals surface area contributed by atoms with E-state index >= 15 is 0 Å². The molecular formula is C13H10Cl2N2O. The van der Waals surface area contributed by atoms with Crippen LogP contribution in [-0.2, 0) is 0 Å². The van der Waals surface area contributed by atoms with E-state index in [0.29, 0.717) is 10.7 Å². The maximum Gasteiger partial charge on any atom is 0.161 e. The highest BCUT2D eigenvalue weighted by molar-refractivity contribution is 6.36. The Morgan fingerprint density at radius 1 is 1.00 bits per heavy atom. The van der Waals surface area contributed by atoms with E-state index in [4.69, 9.17) is 23.2 Å². The van der Waals surface area contributed by atoms with Gasteiger partial charge in [-0.25, -0.2) is 0 Å². The highest BCUT2D eigenvalue weighted by Crippen LogP contribution is 2.37. The molecule has 0 aromatic heterocycles. The smallest absolute Gasteiger partial charge is 0.161 e. The number of hydrogen-bond acceptors (Lipinski definition) is 3. The van der Waals surface area contributed by atoms with E-state index in [0.717, 1.165) is 5.56 Å². The van der Waals surface area contributed by atoms with Crippen LogP contribution in [0.5, 0.6) is 5.75 Å². The van der Waals surface area contributed by atoms with Crippen molar-refractivity contribution in [3.63, 3.8) is 0 Å². The molecule has 0 amide bonds. The molecule has 0 fully saturated rings. The standard InChI is InChI=1S/C13H10Cl2N2O/c1-8-2-4-10(5-3-8)16-17-12-7-9(14)6-11(15)13(12)18/h2-7,18H,1H3. The molecule has 0 aliphatic rings. The van der Waals surface area contributed by atoms with Crippen LogP contribution in [-0.4, -0.2) is 5.11 Å². The molecule has 0 unspecified atom stereocenters. The monoisotopic (exact) mass is 280 g/mol. The molecular weight excluding hydrogens is 271 g/mol. The molecule has 0 saturated carbocycles. The SMILES string of the molecule is Cc1ccc(N=Nc2cc(Cl)cc(Cl)c2O)cc1. The maximum atomic E-state index is 9.70. The van der Waals surface area contributed by atoms with Crippen molar-refractivity contribution in [1.29, 1.82) is 0 Å². The lowest BCUT2D eigenvalue weighted by Gasteiger charge is -2.01. The molecule has 92 valence electrons. The average molecular weight is 281 g/mol. The van der Waals surface area contributed by atoms with Crippen molar-refractivity contribution in [2.24, 2.45) is 10.2 Å².